The fourth-order valence-corrected chi connectivity index (χ4v) is 2.45. The van der Waals surface area contributed by atoms with E-state index >= 15 is 0 Å². The Morgan fingerprint density at radius 3 is 2.94 bits per heavy atom. The number of rotatable bonds is 6. The number of aryl methyl sites for hydroxylation is 1. The third-order valence-electron chi connectivity index (χ3n) is 3.61. The van der Waals surface area contributed by atoms with Crippen LogP contribution in [0.25, 0.3) is 0 Å². The molecule has 96 valence electrons. The number of nitrogens with one attached hydrogen (secondary N) is 2. The molecule has 0 aliphatic carbocycles. The summed E-state index contributed by atoms with van der Waals surface area (Å²) in [4.78, 5) is 9.90. The van der Waals surface area contributed by atoms with E-state index in [0.29, 0.717) is 0 Å². The van der Waals surface area contributed by atoms with E-state index in [1.807, 2.05) is 12.4 Å². The highest BCUT2D eigenvalue weighted by molar-refractivity contribution is 4.87. The van der Waals surface area contributed by atoms with Crippen molar-refractivity contribution >= 4 is 0 Å². The number of aromatic amines is 1. The van der Waals surface area contributed by atoms with Crippen molar-refractivity contribution in [1.29, 1.82) is 0 Å². The zero-order valence-corrected chi connectivity index (χ0v) is 10.8. The summed E-state index contributed by atoms with van der Waals surface area (Å²) in [7, 11) is 0. The minimum Gasteiger partial charge on any atom is -0.349 e. The summed E-state index contributed by atoms with van der Waals surface area (Å²) in [6.07, 6.45) is 8.53. The van der Waals surface area contributed by atoms with Crippen LogP contribution in [0, 0.1) is 0 Å². The van der Waals surface area contributed by atoms with E-state index < -0.39 is 0 Å². The van der Waals surface area contributed by atoms with Crippen LogP contribution in [0.15, 0.2) is 12.4 Å². The second kappa shape index (κ2) is 6.77. The topological polar surface area (TPSA) is 44.0 Å². The summed E-state index contributed by atoms with van der Waals surface area (Å²) in [5.74, 6) is 1.10. The molecule has 0 amide bonds. The summed E-state index contributed by atoms with van der Waals surface area (Å²) in [6, 6.07) is 0.731. The summed E-state index contributed by atoms with van der Waals surface area (Å²) < 4.78 is 0. The van der Waals surface area contributed by atoms with Crippen LogP contribution in [-0.4, -0.2) is 47.1 Å². The van der Waals surface area contributed by atoms with Crippen molar-refractivity contribution in [3.8, 4) is 0 Å². The Bertz CT molecular complexity index is 288. The molecule has 0 aromatic carbocycles. The van der Waals surface area contributed by atoms with Crippen LogP contribution >= 0.6 is 0 Å². The molecule has 2 rings (SSSR count). The van der Waals surface area contributed by atoms with Gasteiger partial charge in [-0.1, -0.05) is 6.92 Å². The van der Waals surface area contributed by atoms with Gasteiger partial charge in [0.1, 0.15) is 5.82 Å². The van der Waals surface area contributed by atoms with Crippen LogP contribution in [0.2, 0.25) is 0 Å². The fourth-order valence-electron chi connectivity index (χ4n) is 2.45. The van der Waals surface area contributed by atoms with Crippen LogP contribution in [0.4, 0.5) is 0 Å². The third kappa shape index (κ3) is 4.13. The second-order valence-corrected chi connectivity index (χ2v) is 4.80. The minimum atomic E-state index is 0.731. The Morgan fingerprint density at radius 1 is 1.47 bits per heavy atom. The van der Waals surface area contributed by atoms with Crippen molar-refractivity contribution in [3.63, 3.8) is 0 Å². The van der Waals surface area contributed by atoms with Crippen molar-refractivity contribution < 1.29 is 0 Å². The average molecular weight is 236 g/mol. The third-order valence-corrected chi connectivity index (χ3v) is 3.61. The van der Waals surface area contributed by atoms with Crippen LogP contribution in [0.1, 0.15) is 32.0 Å². The molecule has 0 radical (unpaired) electrons. The zero-order valence-electron chi connectivity index (χ0n) is 10.8. The Morgan fingerprint density at radius 2 is 2.29 bits per heavy atom. The highest BCUT2D eigenvalue weighted by atomic mass is 15.1. The van der Waals surface area contributed by atoms with Gasteiger partial charge in [0, 0.05) is 24.9 Å². The molecule has 1 aromatic heterocycles. The molecule has 0 spiro atoms. The SMILES string of the molecule is CCN1CCC(NCCCc2ncc[nH]2)CC1. The van der Waals surface area contributed by atoms with Crippen molar-refractivity contribution in [2.45, 2.75) is 38.6 Å². The number of piperidine rings is 1. The lowest BCUT2D eigenvalue weighted by Crippen LogP contribution is -2.42. The maximum absolute atomic E-state index is 4.23. The first-order valence-corrected chi connectivity index (χ1v) is 6.82. The maximum atomic E-state index is 4.23. The number of likely N-dealkylation sites (tertiary alicyclic amines) is 1. The average Bonchev–Trinajstić information content (AvgIpc) is 2.88. The summed E-state index contributed by atoms with van der Waals surface area (Å²) in [6.45, 7) is 7.07. The molecule has 0 unspecified atom stereocenters. The first-order valence-electron chi connectivity index (χ1n) is 6.82. The molecule has 0 saturated carbocycles. The van der Waals surface area contributed by atoms with Gasteiger partial charge in [0.15, 0.2) is 0 Å². The first-order chi connectivity index (χ1) is 8.38. The van der Waals surface area contributed by atoms with Gasteiger partial charge in [-0.15, -0.1) is 0 Å². The standard InChI is InChI=1S/C13H24N4/c1-2-17-10-5-12(6-11-17)14-7-3-4-13-15-8-9-16-13/h8-9,12,14H,2-7,10-11H2,1H3,(H,15,16). The fraction of sp³-hybridized carbons (Fsp3) is 0.769. The van der Waals surface area contributed by atoms with E-state index in [-0.39, 0.29) is 0 Å². The normalized spacial score (nSPS) is 18.6. The van der Waals surface area contributed by atoms with E-state index in [4.69, 9.17) is 0 Å². The number of H-pyrrole nitrogens is 1. The van der Waals surface area contributed by atoms with E-state index in [9.17, 15) is 0 Å². The molecular weight excluding hydrogens is 212 g/mol. The summed E-state index contributed by atoms with van der Waals surface area (Å²) in [5.41, 5.74) is 0. The smallest absolute Gasteiger partial charge is 0.106 e. The Balaban J connectivity index is 1.54. The molecule has 4 nitrogen and oxygen atoms in total. The highest BCUT2D eigenvalue weighted by Gasteiger charge is 2.16. The minimum absolute atomic E-state index is 0.731. The van der Waals surface area contributed by atoms with Gasteiger partial charge in [-0.3, -0.25) is 0 Å². The summed E-state index contributed by atoms with van der Waals surface area (Å²) >= 11 is 0. The monoisotopic (exact) mass is 236 g/mol. The molecule has 2 heterocycles. The molecule has 1 saturated heterocycles. The highest BCUT2D eigenvalue weighted by Crippen LogP contribution is 2.09. The Kier molecular flexibility index (Phi) is 5.01. The van der Waals surface area contributed by atoms with Gasteiger partial charge in [0.2, 0.25) is 0 Å². The predicted octanol–water partition coefficient (Wildman–Crippen LogP) is 1.42. The van der Waals surface area contributed by atoms with Crippen molar-refractivity contribution in [2.75, 3.05) is 26.2 Å². The van der Waals surface area contributed by atoms with E-state index in [2.05, 4.69) is 27.1 Å². The van der Waals surface area contributed by atoms with Gasteiger partial charge >= 0.3 is 0 Å². The zero-order chi connectivity index (χ0) is 11.9. The van der Waals surface area contributed by atoms with Gasteiger partial charge in [-0.05, 0) is 45.4 Å². The van der Waals surface area contributed by atoms with Gasteiger partial charge in [-0.2, -0.15) is 0 Å². The van der Waals surface area contributed by atoms with E-state index in [0.717, 1.165) is 24.8 Å². The molecule has 0 bridgehead atoms. The lowest BCUT2D eigenvalue weighted by Gasteiger charge is -2.31. The van der Waals surface area contributed by atoms with Gasteiger partial charge in [0.05, 0.1) is 0 Å². The number of nitrogens with zero attached hydrogens (tertiary/aromatic N) is 2. The van der Waals surface area contributed by atoms with E-state index in [1.165, 1.54) is 38.9 Å². The number of aromatic nitrogens is 2. The molecule has 0 atom stereocenters. The molecule has 1 fully saturated rings. The first kappa shape index (κ1) is 12.6. The molecular formula is C13H24N4. The van der Waals surface area contributed by atoms with E-state index in [1.54, 1.807) is 0 Å². The van der Waals surface area contributed by atoms with Gasteiger partial charge in [-0.25, -0.2) is 4.98 Å². The lowest BCUT2D eigenvalue weighted by molar-refractivity contribution is 0.206. The Labute approximate surface area is 104 Å². The maximum Gasteiger partial charge on any atom is 0.106 e. The second-order valence-electron chi connectivity index (χ2n) is 4.80. The van der Waals surface area contributed by atoms with Gasteiger partial charge in [0.25, 0.3) is 0 Å². The number of hydrogen-bond donors (Lipinski definition) is 2. The molecule has 1 aliphatic heterocycles. The van der Waals surface area contributed by atoms with Crippen LogP contribution in [0.5, 0.6) is 0 Å². The molecule has 1 aliphatic rings. The Hall–Kier alpha value is -0.870. The lowest BCUT2D eigenvalue weighted by atomic mass is 10.1. The van der Waals surface area contributed by atoms with Crippen LogP contribution < -0.4 is 5.32 Å². The molecule has 1 aromatic rings. The number of hydrogen-bond acceptors (Lipinski definition) is 3. The summed E-state index contributed by atoms with van der Waals surface area (Å²) in [5, 5.41) is 3.66. The van der Waals surface area contributed by atoms with Gasteiger partial charge < -0.3 is 15.2 Å². The largest absolute Gasteiger partial charge is 0.349 e. The molecule has 4 heteroatoms. The van der Waals surface area contributed by atoms with Crippen LogP contribution in [0.3, 0.4) is 0 Å². The molecule has 17 heavy (non-hydrogen) atoms. The van der Waals surface area contributed by atoms with Crippen molar-refractivity contribution in [1.82, 2.24) is 20.2 Å². The van der Waals surface area contributed by atoms with Crippen molar-refractivity contribution in [3.05, 3.63) is 18.2 Å². The quantitative estimate of drug-likeness (QED) is 0.734. The molecule has 2 N–H and O–H groups in total. The van der Waals surface area contributed by atoms with Crippen molar-refractivity contribution in [2.24, 2.45) is 0 Å². The van der Waals surface area contributed by atoms with Crippen LogP contribution in [-0.2, 0) is 6.42 Å². The predicted molar refractivity (Wildman–Crippen MR) is 70.0 cm³/mol. The number of imidazole rings is 1.